The molecule has 1 aliphatic heterocycles. The first kappa shape index (κ1) is 37.4. The van der Waals surface area contributed by atoms with Crippen LogP contribution in [0.15, 0.2) is 12.1 Å². The van der Waals surface area contributed by atoms with Gasteiger partial charge in [-0.3, -0.25) is 0 Å². The number of nitrogens with zero attached hydrogens (tertiary/aromatic N) is 2. The Morgan fingerprint density at radius 2 is 1.49 bits per heavy atom. The van der Waals surface area contributed by atoms with Gasteiger partial charge < -0.3 is 33.2 Å². The quantitative estimate of drug-likeness (QED) is 0.108. The summed E-state index contributed by atoms with van der Waals surface area (Å²) in [7, 11) is 1.48. The summed E-state index contributed by atoms with van der Waals surface area (Å²) in [6.45, 7) is 27.8. The molecule has 1 aliphatic rings. The predicted molar refractivity (Wildman–Crippen MR) is 178 cm³/mol. The zero-order valence-corrected chi connectivity index (χ0v) is 30.3. The molecule has 9 heteroatoms. The zero-order valence-electron chi connectivity index (χ0n) is 29.3. The molecule has 0 amide bonds. The number of methoxy groups -OCH3 is 2. The lowest BCUT2D eigenvalue weighted by molar-refractivity contribution is 0.00686. The normalized spacial score (nSPS) is 16.4. The second-order valence-corrected chi connectivity index (χ2v) is 19.4. The van der Waals surface area contributed by atoms with Crippen molar-refractivity contribution in [2.24, 2.45) is 5.92 Å². The molecule has 1 atom stereocenters. The molecule has 0 spiro atoms. The number of carbonyl (C=O) groups is 1. The van der Waals surface area contributed by atoms with E-state index in [2.05, 4.69) is 50.6 Å². The Balaban J connectivity index is 1.73. The maximum atomic E-state index is 12.7. The molecule has 2 rings (SSSR count). The van der Waals surface area contributed by atoms with Gasteiger partial charge in [-0.1, -0.05) is 27.7 Å². The highest BCUT2D eigenvalue weighted by molar-refractivity contribution is 6.74. The first-order chi connectivity index (χ1) is 20.1. The summed E-state index contributed by atoms with van der Waals surface area (Å²) in [5, 5.41) is 0.275. The van der Waals surface area contributed by atoms with Gasteiger partial charge in [0, 0.05) is 26.2 Å². The van der Waals surface area contributed by atoms with E-state index in [4.69, 9.17) is 23.4 Å². The second-order valence-electron chi connectivity index (χ2n) is 14.6. The van der Waals surface area contributed by atoms with Crippen molar-refractivity contribution in [1.29, 1.82) is 0 Å². The lowest BCUT2D eigenvalue weighted by atomic mass is 10.0. The number of hydrogen-bond donors (Lipinski definition) is 0. The average Bonchev–Trinajstić information content (AvgIpc) is 3.15. The van der Waals surface area contributed by atoms with Crippen molar-refractivity contribution in [3.63, 3.8) is 0 Å². The van der Waals surface area contributed by atoms with E-state index in [1.165, 1.54) is 25.9 Å². The minimum atomic E-state index is -1.65. The fourth-order valence-corrected chi connectivity index (χ4v) is 6.04. The van der Waals surface area contributed by atoms with Crippen molar-refractivity contribution in [1.82, 2.24) is 9.80 Å². The average molecular weight is 623 g/mol. The van der Waals surface area contributed by atoms with Crippen LogP contribution in [0.1, 0.15) is 90.9 Å². The molecule has 0 N–H and O–H groups in total. The maximum absolute atomic E-state index is 12.7. The van der Waals surface area contributed by atoms with E-state index in [1.807, 2.05) is 20.8 Å². The van der Waals surface area contributed by atoms with Crippen LogP contribution in [-0.2, 0) is 9.16 Å². The third kappa shape index (κ3) is 13.0. The van der Waals surface area contributed by atoms with Crippen LogP contribution in [0.5, 0.6) is 17.2 Å². The van der Waals surface area contributed by atoms with Crippen LogP contribution in [0, 0.1) is 5.92 Å². The molecule has 248 valence electrons. The van der Waals surface area contributed by atoms with E-state index in [-0.39, 0.29) is 5.04 Å². The van der Waals surface area contributed by atoms with Gasteiger partial charge in [0.1, 0.15) is 5.60 Å². The summed E-state index contributed by atoms with van der Waals surface area (Å²) < 4.78 is 29.0. The van der Waals surface area contributed by atoms with Crippen LogP contribution in [0.3, 0.4) is 0 Å². The molecule has 8 nitrogen and oxygen atoms in total. The SMILES string of the molecule is COc1cc(C(=O)OC(C)(C)C)cc(OCCCC(C)CCN2CCCN(CCCO[Si](C)(C)C(C)(C)C)CC2)c1OC. The van der Waals surface area contributed by atoms with E-state index in [9.17, 15) is 4.79 Å². The molecular formula is C34H62N2O6Si. The molecule has 0 radical (unpaired) electrons. The van der Waals surface area contributed by atoms with Crippen LogP contribution >= 0.6 is 0 Å². The fraction of sp³-hybridized carbons (Fsp3) is 0.794. The lowest BCUT2D eigenvalue weighted by Crippen LogP contribution is -2.41. The van der Waals surface area contributed by atoms with Gasteiger partial charge in [-0.15, -0.1) is 0 Å². The smallest absolute Gasteiger partial charge is 0.338 e. The third-order valence-electron chi connectivity index (χ3n) is 8.69. The maximum Gasteiger partial charge on any atom is 0.338 e. The summed E-state index contributed by atoms with van der Waals surface area (Å²) in [6, 6.07) is 3.32. The Morgan fingerprint density at radius 3 is 2.07 bits per heavy atom. The van der Waals surface area contributed by atoms with E-state index < -0.39 is 19.9 Å². The Labute approximate surface area is 263 Å². The number of benzene rings is 1. The van der Waals surface area contributed by atoms with Crippen molar-refractivity contribution < 1.29 is 28.2 Å². The molecule has 1 aromatic carbocycles. The molecule has 1 heterocycles. The Kier molecular flexibility index (Phi) is 14.8. The summed E-state index contributed by atoms with van der Waals surface area (Å²) in [6.07, 6.45) is 5.55. The molecule has 43 heavy (non-hydrogen) atoms. The number of hydrogen-bond acceptors (Lipinski definition) is 8. The molecule has 0 saturated carbocycles. The minimum Gasteiger partial charge on any atom is -0.493 e. The molecule has 1 fully saturated rings. The van der Waals surface area contributed by atoms with Crippen LogP contribution in [-0.4, -0.2) is 96.4 Å². The highest BCUT2D eigenvalue weighted by Gasteiger charge is 2.36. The van der Waals surface area contributed by atoms with Crippen molar-refractivity contribution in [2.75, 3.05) is 66.7 Å². The Bertz CT molecular complexity index is 988. The predicted octanol–water partition coefficient (Wildman–Crippen LogP) is 7.26. The Hall–Kier alpha value is -1.81. The van der Waals surface area contributed by atoms with Gasteiger partial charge in [-0.25, -0.2) is 4.79 Å². The molecule has 1 unspecified atom stereocenters. The standard InChI is InChI=1S/C34H62N2O6Si/c1-27(16-20-36-18-13-17-35(21-22-36)19-14-24-41-43(10,11)34(5,6)7)15-12-23-40-30-26-28(32(37)42-33(2,3)4)25-29(38-8)31(30)39-9/h25-27H,12-24H2,1-11H3. The summed E-state index contributed by atoms with van der Waals surface area (Å²) in [5.41, 5.74) is -0.208. The van der Waals surface area contributed by atoms with Crippen molar-refractivity contribution in [2.45, 2.75) is 104 Å². The van der Waals surface area contributed by atoms with E-state index in [0.29, 0.717) is 35.3 Å². The number of carbonyl (C=O) groups excluding carboxylic acids is 1. The monoisotopic (exact) mass is 622 g/mol. The van der Waals surface area contributed by atoms with Gasteiger partial charge in [0.25, 0.3) is 0 Å². The van der Waals surface area contributed by atoms with E-state index in [1.54, 1.807) is 26.4 Å². The topological polar surface area (TPSA) is 69.7 Å². The van der Waals surface area contributed by atoms with E-state index in [0.717, 1.165) is 52.0 Å². The van der Waals surface area contributed by atoms with Gasteiger partial charge in [-0.05, 0) is 109 Å². The van der Waals surface area contributed by atoms with Gasteiger partial charge in [0.05, 0.1) is 26.4 Å². The highest BCUT2D eigenvalue weighted by atomic mass is 28.4. The third-order valence-corrected chi connectivity index (χ3v) is 13.2. The highest BCUT2D eigenvalue weighted by Crippen LogP contribution is 2.39. The summed E-state index contributed by atoms with van der Waals surface area (Å²) in [4.78, 5) is 17.9. The van der Waals surface area contributed by atoms with Crippen LogP contribution in [0.25, 0.3) is 0 Å². The number of ether oxygens (including phenoxy) is 4. The van der Waals surface area contributed by atoms with Crippen LogP contribution in [0.2, 0.25) is 18.1 Å². The first-order valence-corrected chi connectivity index (χ1v) is 19.2. The largest absolute Gasteiger partial charge is 0.493 e. The Morgan fingerprint density at radius 1 is 0.860 bits per heavy atom. The van der Waals surface area contributed by atoms with Crippen LogP contribution < -0.4 is 14.2 Å². The molecule has 0 bridgehead atoms. The lowest BCUT2D eigenvalue weighted by Gasteiger charge is -2.36. The van der Waals surface area contributed by atoms with Crippen molar-refractivity contribution >= 4 is 14.3 Å². The minimum absolute atomic E-state index is 0.275. The second kappa shape index (κ2) is 17.0. The van der Waals surface area contributed by atoms with Crippen molar-refractivity contribution in [3.05, 3.63) is 17.7 Å². The fourth-order valence-electron chi connectivity index (χ4n) is 4.96. The zero-order chi connectivity index (χ0) is 32.3. The van der Waals surface area contributed by atoms with Gasteiger partial charge in [-0.2, -0.15) is 0 Å². The molecule has 0 aliphatic carbocycles. The van der Waals surface area contributed by atoms with Gasteiger partial charge >= 0.3 is 5.97 Å². The summed E-state index contributed by atoms with van der Waals surface area (Å²) >= 11 is 0. The number of rotatable bonds is 16. The number of esters is 1. The molecule has 1 aromatic rings. The van der Waals surface area contributed by atoms with Gasteiger partial charge in [0.15, 0.2) is 19.8 Å². The van der Waals surface area contributed by atoms with E-state index >= 15 is 0 Å². The first-order valence-electron chi connectivity index (χ1n) is 16.3. The van der Waals surface area contributed by atoms with Crippen LogP contribution in [0.4, 0.5) is 0 Å². The molecular weight excluding hydrogens is 560 g/mol. The van der Waals surface area contributed by atoms with Gasteiger partial charge in [0.2, 0.25) is 5.75 Å². The van der Waals surface area contributed by atoms with Crippen molar-refractivity contribution in [3.8, 4) is 17.2 Å². The molecule has 0 aromatic heterocycles. The summed E-state index contributed by atoms with van der Waals surface area (Å²) in [5.74, 6) is 1.63. The molecule has 1 saturated heterocycles.